The maximum absolute atomic E-state index is 12.7. The van der Waals surface area contributed by atoms with Crippen molar-refractivity contribution >= 4 is 52.1 Å². The molecule has 0 aromatic heterocycles. The van der Waals surface area contributed by atoms with Gasteiger partial charge in [0.15, 0.2) is 0 Å². The van der Waals surface area contributed by atoms with Gasteiger partial charge in [0.2, 0.25) is 5.91 Å². The quantitative estimate of drug-likeness (QED) is 0.514. The van der Waals surface area contributed by atoms with Gasteiger partial charge in [0.1, 0.15) is 17.0 Å². The fraction of sp³-hybridized carbons (Fsp3) is 0.471. The zero-order chi connectivity index (χ0) is 18.6. The Kier molecular flexibility index (Phi) is 4.55. The summed E-state index contributed by atoms with van der Waals surface area (Å²) in [6.07, 6.45) is 0.186. The molecule has 8 heteroatoms. The molecule has 0 saturated carbocycles. The van der Waals surface area contributed by atoms with Crippen molar-refractivity contribution in [1.29, 1.82) is 0 Å². The van der Waals surface area contributed by atoms with Crippen LogP contribution in [0.4, 0.5) is 0 Å². The van der Waals surface area contributed by atoms with Gasteiger partial charge in [-0.1, -0.05) is 18.2 Å². The molecular weight excluding hydrogens is 455 g/mol. The number of fused-ring (bicyclic) bond motifs is 1. The van der Waals surface area contributed by atoms with Crippen molar-refractivity contribution in [2.24, 2.45) is 0 Å². The summed E-state index contributed by atoms with van der Waals surface area (Å²) in [6.45, 7) is 5.31. The SMILES string of the molecule is CC1(C)S[C@H]2N(C(=O)C2(C)NC(=O)Cc2ccccc2I)[C@H]1C(=O)O. The van der Waals surface area contributed by atoms with Crippen LogP contribution in [0, 0.1) is 3.57 Å². The van der Waals surface area contributed by atoms with Crippen LogP contribution in [0.2, 0.25) is 0 Å². The van der Waals surface area contributed by atoms with Crippen LogP contribution in [0.15, 0.2) is 24.3 Å². The lowest BCUT2D eigenvalue weighted by Gasteiger charge is -2.51. The number of carbonyl (C=O) groups excluding carboxylic acids is 2. The number of amides is 2. The zero-order valence-corrected chi connectivity index (χ0v) is 17.1. The van der Waals surface area contributed by atoms with E-state index in [1.165, 1.54) is 16.7 Å². The number of carboxylic acid groups (broad SMARTS) is 1. The van der Waals surface area contributed by atoms with Crippen molar-refractivity contribution in [1.82, 2.24) is 10.2 Å². The standard InChI is InChI=1S/C17H19IN2O4S/c1-16(2)12(13(22)23)20-14(24)17(3,15(20)25-16)19-11(21)8-9-6-4-5-7-10(9)18/h4-7,12,15H,8H2,1-3H3,(H,19,21)(H,22,23)/t12-,15+,17?/m0/s1. The van der Waals surface area contributed by atoms with E-state index in [1.54, 1.807) is 6.92 Å². The van der Waals surface area contributed by atoms with Crippen molar-refractivity contribution in [3.05, 3.63) is 33.4 Å². The summed E-state index contributed by atoms with van der Waals surface area (Å²) in [5.74, 6) is -1.59. The highest BCUT2D eigenvalue weighted by Crippen LogP contribution is 2.54. The Balaban J connectivity index is 1.76. The molecule has 2 saturated heterocycles. The fourth-order valence-electron chi connectivity index (χ4n) is 3.49. The molecule has 25 heavy (non-hydrogen) atoms. The third-order valence-electron chi connectivity index (χ3n) is 4.72. The van der Waals surface area contributed by atoms with Crippen molar-refractivity contribution in [3.63, 3.8) is 0 Å². The number of halogens is 1. The molecule has 2 heterocycles. The van der Waals surface area contributed by atoms with Gasteiger partial charge in [-0.15, -0.1) is 11.8 Å². The normalized spacial score (nSPS) is 29.8. The molecule has 1 aromatic carbocycles. The van der Waals surface area contributed by atoms with E-state index in [0.717, 1.165) is 9.13 Å². The number of β-lactam (4-membered cyclic amide) rings is 1. The fourth-order valence-corrected chi connectivity index (χ4v) is 5.71. The maximum atomic E-state index is 12.7. The smallest absolute Gasteiger partial charge is 0.327 e. The first-order chi connectivity index (χ1) is 11.6. The topological polar surface area (TPSA) is 86.7 Å². The number of nitrogens with one attached hydrogen (secondary N) is 1. The summed E-state index contributed by atoms with van der Waals surface area (Å²) in [6, 6.07) is 6.70. The average Bonchev–Trinajstić information content (AvgIpc) is 2.79. The highest BCUT2D eigenvalue weighted by Gasteiger charge is 2.69. The molecule has 0 bridgehead atoms. The number of benzene rings is 1. The number of rotatable bonds is 4. The maximum Gasteiger partial charge on any atom is 0.327 e. The molecular formula is C17H19IN2O4S. The van der Waals surface area contributed by atoms with Crippen LogP contribution in [0.5, 0.6) is 0 Å². The van der Waals surface area contributed by atoms with E-state index in [1.807, 2.05) is 38.1 Å². The summed E-state index contributed by atoms with van der Waals surface area (Å²) in [5.41, 5.74) is -0.167. The molecule has 2 amide bonds. The Bertz CT molecular complexity index is 769. The third kappa shape index (κ3) is 2.92. The Morgan fingerprint density at radius 3 is 2.56 bits per heavy atom. The number of hydrogen-bond donors (Lipinski definition) is 2. The second-order valence-electron chi connectivity index (χ2n) is 7.05. The largest absolute Gasteiger partial charge is 0.480 e. The number of thioether (sulfide) groups is 1. The monoisotopic (exact) mass is 474 g/mol. The lowest BCUT2D eigenvalue weighted by atomic mass is 9.86. The second-order valence-corrected chi connectivity index (χ2v) is 9.94. The van der Waals surface area contributed by atoms with Gasteiger partial charge in [0.05, 0.1) is 6.42 Å². The van der Waals surface area contributed by atoms with Gasteiger partial charge in [-0.25, -0.2) is 4.79 Å². The number of carboxylic acids is 1. The molecule has 2 fully saturated rings. The lowest BCUT2D eigenvalue weighted by molar-refractivity contribution is -0.167. The third-order valence-corrected chi connectivity index (χ3v) is 7.52. The Labute approximate surface area is 163 Å². The van der Waals surface area contributed by atoms with Crippen LogP contribution in [-0.2, 0) is 20.8 Å². The minimum absolute atomic E-state index is 0.186. The first-order valence-corrected chi connectivity index (χ1v) is 9.81. The summed E-state index contributed by atoms with van der Waals surface area (Å²) >= 11 is 3.60. The van der Waals surface area contributed by atoms with Crippen molar-refractivity contribution in [2.75, 3.05) is 0 Å². The Morgan fingerprint density at radius 1 is 1.32 bits per heavy atom. The van der Waals surface area contributed by atoms with Gasteiger partial charge in [-0.05, 0) is 55.0 Å². The molecule has 2 N–H and O–H groups in total. The molecule has 0 spiro atoms. The highest BCUT2D eigenvalue weighted by molar-refractivity contribution is 14.1. The molecule has 1 aromatic rings. The van der Waals surface area contributed by atoms with E-state index in [0.29, 0.717) is 0 Å². The molecule has 3 atom stereocenters. The predicted molar refractivity (Wildman–Crippen MR) is 103 cm³/mol. The van der Waals surface area contributed by atoms with Crippen molar-refractivity contribution in [3.8, 4) is 0 Å². The van der Waals surface area contributed by atoms with Crippen LogP contribution >= 0.6 is 34.4 Å². The molecule has 0 radical (unpaired) electrons. The molecule has 134 valence electrons. The molecule has 3 rings (SSSR count). The molecule has 2 aliphatic heterocycles. The van der Waals surface area contributed by atoms with Crippen LogP contribution in [0.1, 0.15) is 26.3 Å². The van der Waals surface area contributed by atoms with E-state index in [9.17, 15) is 19.5 Å². The van der Waals surface area contributed by atoms with E-state index in [4.69, 9.17) is 0 Å². The van der Waals surface area contributed by atoms with E-state index in [2.05, 4.69) is 27.9 Å². The van der Waals surface area contributed by atoms with Crippen molar-refractivity contribution in [2.45, 2.75) is 48.9 Å². The molecule has 2 aliphatic rings. The Hall–Kier alpha value is -1.29. The van der Waals surface area contributed by atoms with Crippen LogP contribution in [-0.4, -0.2) is 49.5 Å². The van der Waals surface area contributed by atoms with E-state index >= 15 is 0 Å². The molecule has 6 nitrogen and oxygen atoms in total. The van der Waals surface area contributed by atoms with Gasteiger partial charge >= 0.3 is 5.97 Å². The minimum atomic E-state index is -1.07. The summed E-state index contributed by atoms with van der Waals surface area (Å²) in [5, 5.41) is 11.9. The van der Waals surface area contributed by atoms with E-state index < -0.39 is 22.3 Å². The van der Waals surface area contributed by atoms with Gasteiger partial charge in [0.25, 0.3) is 5.91 Å². The van der Waals surface area contributed by atoms with Gasteiger partial charge in [-0.3, -0.25) is 9.59 Å². The van der Waals surface area contributed by atoms with Crippen molar-refractivity contribution < 1.29 is 19.5 Å². The first-order valence-electron chi connectivity index (χ1n) is 7.86. The molecule has 1 unspecified atom stereocenters. The highest BCUT2D eigenvalue weighted by atomic mass is 127. The average molecular weight is 474 g/mol. The Morgan fingerprint density at radius 2 is 1.96 bits per heavy atom. The predicted octanol–water partition coefficient (Wildman–Crippen LogP) is 1.86. The van der Waals surface area contributed by atoms with Crippen LogP contribution in [0.3, 0.4) is 0 Å². The lowest BCUT2D eigenvalue weighted by Crippen LogP contribution is -2.78. The van der Waals surface area contributed by atoms with Crippen LogP contribution in [0.25, 0.3) is 0 Å². The summed E-state index contributed by atoms with van der Waals surface area (Å²) in [4.78, 5) is 38.1. The second kappa shape index (κ2) is 6.15. The van der Waals surface area contributed by atoms with Gasteiger partial charge < -0.3 is 15.3 Å². The summed E-state index contributed by atoms with van der Waals surface area (Å²) in [7, 11) is 0. The number of nitrogens with zero attached hydrogens (tertiary/aromatic N) is 1. The van der Waals surface area contributed by atoms with Crippen LogP contribution < -0.4 is 5.32 Å². The minimum Gasteiger partial charge on any atom is -0.480 e. The zero-order valence-electron chi connectivity index (χ0n) is 14.1. The number of hydrogen-bond acceptors (Lipinski definition) is 4. The van der Waals surface area contributed by atoms with E-state index in [-0.39, 0.29) is 23.6 Å². The number of carbonyl (C=O) groups is 3. The molecule has 0 aliphatic carbocycles. The summed E-state index contributed by atoms with van der Waals surface area (Å²) < 4.78 is 0.382. The van der Waals surface area contributed by atoms with Gasteiger partial charge in [0, 0.05) is 8.32 Å². The first kappa shape index (κ1) is 18.5. The number of aliphatic carboxylic acids is 1. The van der Waals surface area contributed by atoms with Gasteiger partial charge in [-0.2, -0.15) is 0 Å².